The van der Waals surface area contributed by atoms with Crippen molar-refractivity contribution in [1.82, 2.24) is 20.9 Å². The first kappa shape index (κ1) is 22.1. The maximum Gasteiger partial charge on any atom is 0.237 e. The van der Waals surface area contributed by atoms with Gasteiger partial charge in [-0.2, -0.15) is 0 Å². The van der Waals surface area contributed by atoms with E-state index < -0.39 is 0 Å². The van der Waals surface area contributed by atoms with Crippen LogP contribution >= 0.6 is 0 Å². The van der Waals surface area contributed by atoms with Gasteiger partial charge in [0.15, 0.2) is 0 Å². The zero-order valence-electron chi connectivity index (χ0n) is 18.8. The molecule has 170 valence electrons. The molecule has 2 saturated heterocycles. The van der Waals surface area contributed by atoms with E-state index in [2.05, 4.69) is 27.8 Å². The Hall–Kier alpha value is -1.14. The monoisotopic (exact) mass is 418 g/mol. The largest absolute Gasteiger partial charge is 0.353 e. The summed E-state index contributed by atoms with van der Waals surface area (Å²) in [5, 5.41) is 10.2. The van der Waals surface area contributed by atoms with E-state index in [0.29, 0.717) is 24.3 Å². The summed E-state index contributed by atoms with van der Waals surface area (Å²) in [4.78, 5) is 27.6. The van der Waals surface area contributed by atoms with E-state index in [9.17, 15) is 9.59 Å². The molecule has 2 amide bonds. The van der Waals surface area contributed by atoms with Crippen LogP contribution in [0.4, 0.5) is 0 Å². The van der Waals surface area contributed by atoms with Crippen LogP contribution in [-0.2, 0) is 9.59 Å². The second-order valence-corrected chi connectivity index (χ2v) is 10.4. The second-order valence-electron chi connectivity index (χ2n) is 10.4. The Morgan fingerprint density at radius 3 is 2.30 bits per heavy atom. The lowest BCUT2D eigenvalue weighted by Crippen LogP contribution is -2.50. The molecule has 0 aromatic carbocycles. The predicted molar refractivity (Wildman–Crippen MR) is 119 cm³/mol. The van der Waals surface area contributed by atoms with Crippen molar-refractivity contribution in [3.63, 3.8) is 0 Å². The van der Waals surface area contributed by atoms with Crippen molar-refractivity contribution in [2.75, 3.05) is 19.6 Å². The standard InChI is InChI=1S/C24H42N4O2/c1-17-6-5-7-18-16-21(27-23(17)18)24(30)26-20-10-8-19(9-11-20)25-22(29)12-15-28-13-3-2-4-14-28/h17-21,23,27H,2-16H2,1H3,(H,25,29)(H,26,30). The molecule has 0 bridgehead atoms. The summed E-state index contributed by atoms with van der Waals surface area (Å²) in [6.45, 7) is 5.52. The average molecular weight is 419 g/mol. The second kappa shape index (κ2) is 10.4. The summed E-state index contributed by atoms with van der Waals surface area (Å²) in [5.74, 6) is 1.77. The molecule has 2 aliphatic carbocycles. The summed E-state index contributed by atoms with van der Waals surface area (Å²) in [6, 6.07) is 1.07. The van der Waals surface area contributed by atoms with Gasteiger partial charge in [-0.25, -0.2) is 0 Å². The van der Waals surface area contributed by atoms with Gasteiger partial charge in [-0.05, 0) is 82.7 Å². The number of hydrogen-bond acceptors (Lipinski definition) is 4. The molecule has 4 aliphatic rings. The molecule has 30 heavy (non-hydrogen) atoms. The Bertz CT molecular complexity index is 584. The van der Waals surface area contributed by atoms with E-state index in [0.717, 1.165) is 51.7 Å². The van der Waals surface area contributed by atoms with E-state index in [4.69, 9.17) is 0 Å². The minimum atomic E-state index is -0.00670. The van der Waals surface area contributed by atoms with Gasteiger partial charge in [0.05, 0.1) is 6.04 Å². The van der Waals surface area contributed by atoms with Crippen LogP contribution in [0.25, 0.3) is 0 Å². The van der Waals surface area contributed by atoms with Gasteiger partial charge in [-0.3, -0.25) is 9.59 Å². The van der Waals surface area contributed by atoms with Crippen LogP contribution in [0.3, 0.4) is 0 Å². The van der Waals surface area contributed by atoms with E-state index in [1.165, 1.54) is 38.5 Å². The number of piperidine rings is 1. The van der Waals surface area contributed by atoms with Crippen molar-refractivity contribution < 1.29 is 9.59 Å². The summed E-state index contributed by atoms with van der Waals surface area (Å²) in [7, 11) is 0. The van der Waals surface area contributed by atoms with Crippen LogP contribution in [-0.4, -0.2) is 60.5 Å². The highest BCUT2D eigenvalue weighted by Gasteiger charge is 2.41. The topological polar surface area (TPSA) is 73.5 Å². The summed E-state index contributed by atoms with van der Waals surface area (Å²) in [5.41, 5.74) is 0. The molecule has 6 nitrogen and oxygen atoms in total. The Balaban J connectivity index is 1.12. The molecule has 4 rings (SSSR count). The van der Waals surface area contributed by atoms with Crippen LogP contribution in [0, 0.1) is 11.8 Å². The van der Waals surface area contributed by atoms with Gasteiger partial charge < -0.3 is 20.9 Å². The number of rotatable bonds is 6. The highest BCUT2D eigenvalue weighted by atomic mass is 16.2. The van der Waals surface area contributed by atoms with E-state index in [1.54, 1.807) is 0 Å². The SMILES string of the molecule is CC1CCCC2CC(C(=O)NC3CCC(NC(=O)CCN4CCCCC4)CC3)NC12. The first-order chi connectivity index (χ1) is 14.6. The van der Waals surface area contributed by atoms with Crippen LogP contribution in [0.15, 0.2) is 0 Å². The summed E-state index contributed by atoms with van der Waals surface area (Å²) >= 11 is 0. The number of hydrogen-bond donors (Lipinski definition) is 3. The molecule has 0 aromatic rings. The van der Waals surface area contributed by atoms with Crippen molar-refractivity contribution in [2.24, 2.45) is 11.8 Å². The molecule has 4 fully saturated rings. The molecule has 0 spiro atoms. The Labute approximate surface area is 182 Å². The molecule has 0 aromatic heterocycles. The van der Waals surface area contributed by atoms with Crippen molar-refractivity contribution in [3.05, 3.63) is 0 Å². The Morgan fingerprint density at radius 1 is 0.900 bits per heavy atom. The number of amides is 2. The van der Waals surface area contributed by atoms with E-state index in [1.807, 2.05) is 0 Å². The lowest BCUT2D eigenvalue weighted by Gasteiger charge is -2.31. The smallest absolute Gasteiger partial charge is 0.237 e. The van der Waals surface area contributed by atoms with Gasteiger partial charge in [0.2, 0.25) is 11.8 Å². The van der Waals surface area contributed by atoms with Crippen molar-refractivity contribution in [2.45, 2.75) is 108 Å². The summed E-state index contributed by atoms with van der Waals surface area (Å²) < 4.78 is 0. The zero-order valence-corrected chi connectivity index (χ0v) is 18.8. The fraction of sp³-hybridized carbons (Fsp3) is 0.917. The van der Waals surface area contributed by atoms with E-state index >= 15 is 0 Å². The average Bonchev–Trinajstić information content (AvgIpc) is 3.20. The lowest BCUT2D eigenvalue weighted by atomic mass is 9.78. The third-order valence-electron chi connectivity index (χ3n) is 8.15. The van der Waals surface area contributed by atoms with Gasteiger partial charge in [-0.15, -0.1) is 0 Å². The molecular weight excluding hydrogens is 376 g/mol. The van der Waals surface area contributed by atoms with Crippen molar-refractivity contribution in [1.29, 1.82) is 0 Å². The van der Waals surface area contributed by atoms with Crippen LogP contribution in [0.2, 0.25) is 0 Å². The van der Waals surface area contributed by atoms with Gasteiger partial charge >= 0.3 is 0 Å². The molecule has 3 N–H and O–H groups in total. The number of fused-ring (bicyclic) bond motifs is 1. The highest BCUT2D eigenvalue weighted by molar-refractivity contribution is 5.82. The number of carbonyl (C=O) groups excluding carboxylic acids is 2. The number of nitrogens with one attached hydrogen (secondary N) is 3. The molecule has 6 heteroatoms. The van der Waals surface area contributed by atoms with Gasteiger partial charge in [-0.1, -0.05) is 19.8 Å². The minimum Gasteiger partial charge on any atom is -0.353 e. The molecule has 4 unspecified atom stereocenters. The van der Waals surface area contributed by atoms with Crippen molar-refractivity contribution in [3.8, 4) is 0 Å². The fourth-order valence-corrected chi connectivity index (χ4v) is 6.30. The van der Waals surface area contributed by atoms with Crippen LogP contribution in [0.1, 0.15) is 84.0 Å². The predicted octanol–water partition coefficient (Wildman–Crippen LogP) is 2.57. The third-order valence-corrected chi connectivity index (χ3v) is 8.15. The molecule has 2 aliphatic heterocycles. The van der Waals surface area contributed by atoms with Crippen molar-refractivity contribution >= 4 is 11.8 Å². The molecule has 0 radical (unpaired) electrons. The van der Waals surface area contributed by atoms with Gasteiger partial charge in [0.25, 0.3) is 0 Å². The van der Waals surface area contributed by atoms with Gasteiger partial charge in [0.1, 0.15) is 0 Å². The van der Waals surface area contributed by atoms with Crippen LogP contribution in [0.5, 0.6) is 0 Å². The summed E-state index contributed by atoms with van der Waals surface area (Å²) in [6.07, 6.45) is 13.3. The lowest BCUT2D eigenvalue weighted by molar-refractivity contribution is -0.124. The Morgan fingerprint density at radius 2 is 1.60 bits per heavy atom. The molecular formula is C24H42N4O2. The maximum atomic E-state index is 12.8. The quantitative estimate of drug-likeness (QED) is 0.620. The van der Waals surface area contributed by atoms with Gasteiger partial charge in [0, 0.05) is 31.1 Å². The highest BCUT2D eigenvalue weighted by Crippen LogP contribution is 2.36. The number of nitrogens with zero attached hydrogens (tertiary/aromatic N) is 1. The minimum absolute atomic E-state index is 0.00670. The number of carbonyl (C=O) groups is 2. The van der Waals surface area contributed by atoms with Crippen LogP contribution < -0.4 is 16.0 Å². The van der Waals surface area contributed by atoms with E-state index in [-0.39, 0.29) is 29.9 Å². The molecule has 2 saturated carbocycles. The fourth-order valence-electron chi connectivity index (χ4n) is 6.30. The molecule has 2 heterocycles. The molecule has 4 atom stereocenters. The first-order valence-electron chi connectivity index (χ1n) is 12.7. The first-order valence-corrected chi connectivity index (χ1v) is 12.7. The number of likely N-dealkylation sites (tertiary alicyclic amines) is 1. The maximum absolute atomic E-state index is 12.8. The zero-order chi connectivity index (χ0) is 20.9. The third kappa shape index (κ3) is 5.76. The normalized spacial score (nSPS) is 37.4. The Kier molecular flexibility index (Phi) is 7.69.